The number of hydrogen-bond acceptors (Lipinski definition) is 6. The minimum absolute atomic E-state index is 0.0342. The van der Waals surface area contributed by atoms with E-state index in [1.54, 1.807) is 62.4 Å². The third kappa shape index (κ3) is 5.38. The van der Waals surface area contributed by atoms with Gasteiger partial charge in [-0.05, 0) is 39.0 Å². The molecule has 6 nitrogen and oxygen atoms in total. The number of benzene rings is 2. The molecular formula is C27H30O6. The smallest absolute Gasteiger partial charge is 0.323 e. The van der Waals surface area contributed by atoms with E-state index in [2.05, 4.69) is 0 Å². The van der Waals surface area contributed by atoms with E-state index < -0.39 is 29.2 Å². The zero-order valence-electron chi connectivity index (χ0n) is 19.1. The lowest BCUT2D eigenvalue weighted by atomic mass is 9.62. The molecule has 6 heteroatoms. The molecule has 2 aromatic rings. The van der Waals surface area contributed by atoms with E-state index in [1.165, 1.54) is 0 Å². The Labute approximate surface area is 194 Å². The Balaban J connectivity index is 1.96. The van der Waals surface area contributed by atoms with Crippen LogP contribution in [0.4, 0.5) is 0 Å². The summed E-state index contributed by atoms with van der Waals surface area (Å²) in [6.45, 7) is 3.61. The molecule has 1 saturated carbocycles. The van der Waals surface area contributed by atoms with Crippen LogP contribution in [0.15, 0.2) is 60.7 Å². The molecule has 33 heavy (non-hydrogen) atoms. The average Bonchev–Trinajstić information content (AvgIpc) is 2.85. The molecule has 0 spiro atoms. The molecule has 0 radical (unpaired) electrons. The van der Waals surface area contributed by atoms with Crippen LogP contribution in [0.1, 0.15) is 60.2 Å². The Morgan fingerprint density at radius 3 is 1.85 bits per heavy atom. The molecule has 0 amide bonds. The van der Waals surface area contributed by atoms with Crippen LogP contribution in [0.3, 0.4) is 0 Å². The maximum absolute atomic E-state index is 13.4. The van der Waals surface area contributed by atoms with Gasteiger partial charge in [0, 0.05) is 23.5 Å². The van der Waals surface area contributed by atoms with Crippen molar-refractivity contribution in [1.82, 2.24) is 0 Å². The molecule has 2 atom stereocenters. The van der Waals surface area contributed by atoms with E-state index in [-0.39, 0.29) is 50.5 Å². The van der Waals surface area contributed by atoms with E-state index in [0.717, 1.165) is 0 Å². The summed E-state index contributed by atoms with van der Waals surface area (Å²) in [5.41, 5.74) is -0.424. The first-order chi connectivity index (χ1) is 15.9. The highest BCUT2D eigenvalue weighted by molar-refractivity contribution is 6.03. The van der Waals surface area contributed by atoms with Crippen LogP contribution in [-0.2, 0) is 19.1 Å². The second-order valence-electron chi connectivity index (χ2n) is 8.36. The number of rotatable bonds is 9. The molecule has 0 unspecified atom stereocenters. The number of hydrogen-bond donors (Lipinski definition) is 0. The molecule has 0 aliphatic heterocycles. The van der Waals surface area contributed by atoms with Crippen molar-refractivity contribution in [2.24, 2.45) is 17.3 Å². The van der Waals surface area contributed by atoms with Crippen molar-refractivity contribution in [2.75, 3.05) is 13.2 Å². The summed E-state index contributed by atoms with van der Waals surface area (Å²) >= 11 is 0. The number of ketones is 2. The van der Waals surface area contributed by atoms with Gasteiger partial charge in [0.1, 0.15) is 0 Å². The molecule has 1 aliphatic carbocycles. The first kappa shape index (κ1) is 24.4. The van der Waals surface area contributed by atoms with E-state index in [0.29, 0.717) is 11.1 Å². The van der Waals surface area contributed by atoms with Crippen molar-refractivity contribution >= 4 is 23.5 Å². The maximum Gasteiger partial charge on any atom is 0.323 e. The van der Waals surface area contributed by atoms with E-state index in [4.69, 9.17) is 9.47 Å². The number of carbonyl (C=O) groups excluding carboxylic acids is 4. The predicted molar refractivity (Wildman–Crippen MR) is 123 cm³/mol. The third-order valence-electron chi connectivity index (χ3n) is 6.33. The van der Waals surface area contributed by atoms with Gasteiger partial charge in [-0.3, -0.25) is 19.2 Å². The van der Waals surface area contributed by atoms with Crippen molar-refractivity contribution in [3.8, 4) is 0 Å². The summed E-state index contributed by atoms with van der Waals surface area (Å²) in [5.74, 6) is -2.50. The largest absolute Gasteiger partial charge is 0.465 e. The van der Waals surface area contributed by atoms with Gasteiger partial charge in [-0.1, -0.05) is 60.7 Å². The zero-order chi connectivity index (χ0) is 23.8. The Kier molecular flexibility index (Phi) is 8.15. The number of esters is 2. The minimum Gasteiger partial charge on any atom is -0.465 e. The average molecular weight is 451 g/mol. The van der Waals surface area contributed by atoms with E-state index in [1.807, 2.05) is 12.1 Å². The topological polar surface area (TPSA) is 86.7 Å². The zero-order valence-corrected chi connectivity index (χ0v) is 19.1. The lowest BCUT2D eigenvalue weighted by Crippen LogP contribution is -2.49. The van der Waals surface area contributed by atoms with Crippen LogP contribution in [0.5, 0.6) is 0 Å². The molecular weight excluding hydrogens is 420 g/mol. The first-order valence-corrected chi connectivity index (χ1v) is 11.4. The monoisotopic (exact) mass is 450 g/mol. The number of Topliss-reactive ketones (excluding diaryl/α,β-unsaturated/α-hetero) is 2. The number of carbonyl (C=O) groups is 4. The van der Waals surface area contributed by atoms with Crippen molar-refractivity contribution in [1.29, 1.82) is 0 Å². The first-order valence-electron chi connectivity index (χ1n) is 11.4. The summed E-state index contributed by atoms with van der Waals surface area (Å²) in [6.07, 6.45) is 0.516. The Hall–Kier alpha value is -3.28. The summed E-state index contributed by atoms with van der Waals surface area (Å²) in [5, 5.41) is 0. The van der Waals surface area contributed by atoms with Gasteiger partial charge in [0.2, 0.25) is 0 Å². The quantitative estimate of drug-likeness (QED) is 0.313. The molecule has 174 valence electrons. The van der Waals surface area contributed by atoms with Crippen LogP contribution in [-0.4, -0.2) is 36.7 Å². The van der Waals surface area contributed by atoms with Gasteiger partial charge in [0.25, 0.3) is 0 Å². The fourth-order valence-corrected chi connectivity index (χ4v) is 4.68. The number of ether oxygens (including phenoxy) is 2. The van der Waals surface area contributed by atoms with Gasteiger partial charge in [-0.15, -0.1) is 0 Å². The molecule has 1 fully saturated rings. The van der Waals surface area contributed by atoms with E-state index >= 15 is 0 Å². The van der Waals surface area contributed by atoms with Crippen LogP contribution < -0.4 is 0 Å². The lowest BCUT2D eigenvalue weighted by molar-refractivity contribution is -0.177. The standard InChI is InChI=1S/C27H30O6/c1-3-32-25(30)27(26(31)33-4-2)16-15-22(24(29)20-13-9-6-10-14-20)21(18-27)17-23(28)19-11-7-5-8-12-19/h5-14,21-22H,3-4,15-18H2,1-2H3/t21-,22-/m1/s1. The van der Waals surface area contributed by atoms with Gasteiger partial charge in [0.05, 0.1) is 13.2 Å². The van der Waals surface area contributed by atoms with Gasteiger partial charge < -0.3 is 9.47 Å². The fraction of sp³-hybridized carbons (Fsp3) is 0.407. The van der Waals surface area contributed by atoms with Crippen molar-refractivity contribution in [3.05, 3.63) is 71.8 Å². The third-order valence-corrected chi connectivity index (χ3v) is 6.33. The van der Waals surface area contributed by atoms with Crippen LogP contribution in [0.25, 0.3) is 0 Å². The van der Waals surface area contributed by atoms with Crippen molar-refractivity contribution in [2.45, 2.75) is 39.5 Å². The Bertz CT molecular complexity index is 964. The van der Waals surface area contributed by atoms with Gasteiger partial charge in [-0.25, -0.2) is 0 Å². The predicted octanol–water partition coefficient (Wildman–Crippen LogP) is 4.67. The second-order valence-corrected chi connectivity index (χ2v) is 8.36. The van der Waals surface area contributed by atoms with Crippen LogP contribution in [0, 0.1) is 17.3 Å². The Morgan fingerprint density at radius 1 is 0.818 bits per heavy atom. The van der Waals surface area contributed by atoms with Crippen LogP contribution in [0.2, 0.25) is 0 Å². The van der Waals surface area contributed by atoms with Crippen molar-refractivity contribution in [3.63, 3.8) is 0 Å². The maximum atomic E-state index is 13.4. The second kappa shape index (κ2) is 11.0. The highest BCUT2D eigenvalue weighted by atomic mass is 16.6. The van der Waals surface area contributed by atoms with E-state index in [9.17, 15) is 19.2 Å². The molecule has 0 aromatic heterocycles. The van der Waals surface area contributed by atoms with Crippen molar-refractivity contribution < 1.29 is 28.7 Å². The molecule has 2 aromatic carbocycles. The normalized spacial score (nSPS) is 19.3. The molecule has 1 aliphatic rings. The SMILES string of the molecule is CCOC(=O)C1(C(=O)OCC)CC[C@@H](C(=O)c2ccccc2)[C@H](CC(=O)c2ccccc2)C1. The highest BCUT2D eigenvalue weighted by Gasteiger charge is 2.55. The molecule has 0 heterocycles. The summed E-state index contributed by atoms with van der Waals surface area (Å²) in [4.78, 5) is 52.4. The molecule has 0 saturated heterocycles. The van der Waals surface area contributed by atoms with Crippen LogP contribution >= 0.6 is 0 Å². The highest BCUT2D eigenvalue weighted by Crippen LogP contribution is 2.47. The summed E-state index contributed by atoms with van der Waals surface area (Å²) in [6, 6.07) is 17.8. The summed E-state index contributed by atoms with van der Waals surface area (Å²) < 4.78 is 10.5. The fourth-order valence-electron chi connectivity index (χ4n) is 4.68. The van der Waals surface area contributed by atoms with Gasteiger partial charge >= 0.3 is 11.9 Å². The minimum atomic E-state index is -1.51. The molecule has 0 N–H and O–H groups in total. The van der Waals surface area contributed by atoms with Gasteiger partial charge in [0.15, 0.2) is 17.0 Å². The Morgan fingerprint density at radius 2 is 1.33 bits per heavy atom. The van der Waals surface area contributed by atoms with Gasteiger partial charge in [-0.2, -0.15) is 0 Å². The lowest BCUT2D eigenvalue weighted by Gasteiger charge is -2.40. The molecule has 0 bridgehead atoms. The molecule has 3 rings (SSSR count). The summed E-state index contributed by atoms with van der Waals surface area (Å²) in [7, 11) is 0.